The molecule has 1 amide bonds. The molecule has 2 heterocycles. The molecule has 0 aliphatic carbocycles. The number of hydrogen-bond acceptors (Lipinski definition) is 4. The average molecular weight is 325 g/mol. The van der Waals surface area contributed by atoms with Gasteiger partial charge in [0.2, 0.25) is 6.79 Å². The summed E-state index contributed by atoms with van der Waals surface area (Å²) < 4.78 is 12.1. The van der Waals surface area contributed by atoms with Crippen LogP contribution in [0.2, 0.25) is 0 Å². The van der Waals surface area contributed by atoms with E-state index in [2.05, 4.69) is 10.3 Å². The van der Waals surface area contributed by atoms with Crippen LogP contribution in [0.3, 0.4) is 0 Å². The number of fused-ring (bicyclic) bond motifs is 2. The highest BCUT2D eigenvalue weighted by molar-refractivity contribution is 5.94. The zero-order valence-electron chi connectivity index (χ0n) is 12.7. The van der Waals surface area contributed by atoms with Crippen LogP contribution < -0.4 is 20.5 Å². The molecule has 24 heavy (non-hydrogen) atoms. The number of carbonyl (C=O) groups excluding carboxylic acids is 1. The molecule has 0 radical (unpaired) electrons. The molecular weight excluding hydrogens is 310 g/mol. The van der Waals surface area contributed by atoms with Gasteiger partial charge < -0.3 is 19.8 Å². The van der Waals surface area contributed by atoms with Crippen LogP contribution in [0.4, 0.5) is 0 Å². The van der Waals surface area contributed by atoms with Crippen molar-refractivity contribution < 1.29 is 14.3 Å². The van der Waals surface area contributed by atoms with Gasteiger partial charge in [0.1, 0.15) is 0 Å². The Hall–Kier alpha value is -3.22. The lowest BCUT2D eigenvalue weighted by Crippen LogP contribution is -2.30. The number of benzene rings is 2. The van der Waals surface area contributed by atoms with Crippen LogP contribution in [0, 0.1) is 0 Å². The fourth-order valence-electron chi connectivity index (χ4n) is 2.75. The van der Waals surface area contributed by atoms with E-state index in [-0.39, 0.29) is 18.4 Å². The SMILES string of the molecule is O=C(NCCn1c(=O)[nH]c2ccccc21)c1ccc2c(c1)OCO2. The molecule has 0 spiro atoms. The summed E-state index contributed by atoms with van der Waals surface area (Å²) in [6, 6.07) is 12.5. The summed E-state index contributed by atoms with van der Waals surface area (Å²) in [6.45, 7) is 0.901. The van der Waals surface area contributed by atoms with Crippen molar-refractivity contribution in [3.8, 4) is 11.5 Å². The molecule has 1 aromatic heterocycles. The van der Waals surface area contributed by atoms with Crippen LogP contribution in [0.15, 0.2) is 47.3 Å². The largest absolute Gasteiger partial charge is 0.454 e. The van der Waals surface area contributed by atoms with Crippen LogP contribution in [0.25, 0.3) is 11.0 Å². The van der Waals surface area contributed by atoms with E-state index >= 15 is 0 Å². The van der Waals surface area contributed by atoms with Crippen LogP contribution in [-0.4, -0.2) is 28.8 Å². The number of nitrogens with zero attached hydrogens (tertiary/aromatic N) is 1. The topological polar surface area (TPSA) is 85.4 Å². The van der Waals surface area contributed by atoms with E-state index in [0.717, 1.165) is 11.0 Å². The highest BCUT2D eigenvalue weighted by Crippen LogP contribution is 2.32. The number of ether oxygens (including phenoxy) is 2. The fraction of sp³-hybridized carbons (Fsp3) is 0.176. The van der Waals surface area contributed by atoms with Crippen molar-refractivity contribution in [2.45, 2.75) is 6.54 Å². The van der Waals surface area contributed by atoms with Gasteiger partial charge in [0.15, 0.2) is 11.5 Å². The molecule has 0 saturated carbocycles. The lowest BCUT2D eigenvalue weighted by Gasteiger charge is -2.07. The zero-order valence-corrected chi connectivity index (χ0v) is 12.7. The van der Waals surface area contributed by atoms with Crippen molar-refractivity contribution in [3.05, 3.63) is 58.5 Å². The number of H-pyrrole nitrogens is 1. The zero-order chi connectivity index (χ0) is 16.5. The maximum atomic E-state index is 12.2. The van der Waals surface area contributed by atoms with Gasteiger partial charge in [-0.2, -0.15) is 0 Å². The van der Waals surface area contributed by atoms with Crippen LogP contribution in [-0.2, 0) is 6.54 Å². The Morgan fingerprint density at radius 3 is 2.92 bits per heavy atom. The molecule has 2 aromatic carbocycles. The molecule has 1 aliphatic rings. The average Bonchev–Trinajstić information content (AvgIpc) is 3.18. The van der Waals surface area contributed by atoms with Gasteiger partial charge in [0.05, 0.1) is 11.0 Å². The second-order valence-electron chi connectivity index (χ2n) is 5.42. The first-order valence-corrected chi connectivity index (χ1v) is 7.58. The molecule has 0 bridgehead atoms. The number of nitrogens with one attached hydrogen (secondary N) is 2. The minimum atomic E-state index is -0.221. The maximum absolute atomic E-state index is 12.2. The van der Waals surface area contributed by atoms with Crippen molar-refractivity contribution in [2.24, 2.45) is 0 Å². The number of aromatic nitrogens is 2. The van der Waals surface area contributed by atoms with E-state index in [0.29, 0.717) is 30.2 Å². The summed E-state index contributed by atoms with van der Waals surface area (Å²) in [5.41, 5.74) is 1.91. The number of hydrogen-bond donors (Lipinski definition) is 2. The summed E-state index contributed by atoms with van der Waals surface area (Å²) in [7, 11) is 0. The first-order chi connectivity index (χ1) is 11.7. The molecule has 7 heteroatoms. The molecular formula is C17H15N3O4. The molecule has 0 saturated heterocycles. The Balaban J connectivity index is 1.44. The van der Waals surface area contributed by atoms with Gasteiger partial charge in [-0.15, -0.1) is 0 Å². The van der Waals surface area contributed by atoms with Gasteiger partial charge in [0, 0.05) is 18.7 Å². The molecule has 3 aromatic rings. The third-order valence-electron chi connectivity index (χ3n) is 3.94. The Morgan fingerprint density at radius 2 is 2.00 bits per heavy atom. The number of rotatable bonds is 4. The Morgan fingerprint density at radius 1 is 1.17 bits per heavy atom. The van der Waals surface area contributed by atoms with Gasteiger partial charge in [-0.3, -0.25) is 9.36 Å². The monoisotopic (exact) mass is 325 g/mol. The quantitative estimate of drug-likeness (QED) is 0.761. The van der Waals surface area contributed by atoms with Crippen molar-refractivity contribution >= 4 is 16.9 Å². The summed E-state index contributed by atoms with van der Waals surface area (Å²) in [5.74, 6) is 0.980. The molecule has 122 valence electrons. The molecule has 1 aliphatic heterocycles. The summed E-state index contributed by atoms with van der Waals surface area (Å²) in [6.07, 6.45) is 0. The second kappa shape index (κ2) is 5.77. The number of aromatic amines is 1. The third-order valence-corrected chi connectivity index (χ3v) is 3.94. The Labute approximate surface area is 136 Å². The van der Waals surface area contributed by atoms with E-state index in [1.165, 1.54) is 0 Å². The van der Waals surface area contributed by atoms with Crippen LogP contribution in [0.1, 0.15) is 10.4 Å². The van der Waals surface area contributed by atoms with E-state index in [1.807, 2.05) is 24.3 Å². The van der Waals surface area contributed by atoms with Crippen molar-refractivity contribution in [3.63, 3.8) is 0 Å². The van der Waals surface area contributed by atoms with Crippen molar-refractivity contribution in [1.82, 2.24) is 14.9 Å². The molecule has 2 N–H and O–H groups in total. The Bertz CT molecular complexity index is 973. The number of amides is 1. The predicted molar refractivity (Wildman–Crippen MR) is 87.5 cm³/mol. The molecule has 0 fully saturated rings. The minimum absolute atomic E-state index is 0.171. The van der Waals surface area contributed by atoms with E-state index < -0.39 is 0 Å². The number of carbonyl (C=O) groups is 1. The summed E-state index contributed by atoms with van der Waals surface area (Å²) >= 11 is 0. The van der Waals surface area contributed by atoms with Gasteiger partial charge in [-0.25, -0.2) is 4.79 Å². The lowest BCUT2D eigenvalue weighted by atomic mass is 10.2. The standard InChI is InChI=1S/C17H15N3O4/c21-16(11-5-6-14-15(9-11)24-10-23-14)18-7-8-20-13-4-2-1-3-12(13)19-17(20)22/h1-6,9H,7-8,10H2,(H,18,21)(H,19,22). The number of para-hydroxylation sites is 2. The van der Waals surface area contributed by atoms with Crippen LogP contribution >= 0.6 is 0 Å². The first kappa shape index (κ1) is 14.4. The van der Waals surface area contributed by atoms with Gasteiger partial charge in [0.25, 0.3) is 5.91 Å². The van der Waals surface area contributed by atoms with Gasteiger partial charge in [-0.05, 0) is 30.3 Å². The van der Waals surface area contributed by atoms with E-state index in [1.54, 1.807) is 22.8 Å². The highest BCUT2D eigenvalue weighted by Gasteiger charge is 2.16. The molecule has 7 nitrogen and oxygen atoms in total. The summed E-state index contributed by atoms with van der Waals surface area (Å²) in [4.78, 5) is 27.0. The fourth-order valence-corrected chi connectivity index (χ4v) is 2.75. The number of imidazole rings is 1. The molecule has 0 unspecified atom stereocenters. The third kappa shape index (κ3) is 2.50. The normalized spacial score (nSPS) is 12.5. The Kier molecular flexibility index (Phi) is 3.45. The van der Waals surface area contributed by atoms with Crippen molar-refractivity contribution in [2.75, 3.05) is 13.3 Å². The van der Waals surface area contributed by atoms with Crippen molar-refractivity contribution in [1.29, 1.82) is 0 Å². The van der Waals surface area contributed by atoms with E-state index in [4.69, 9.17) is 9.47 Å². The maximum Gasteiger partial charge on any atom is 0.326 e. The van der Waals surface area contributed by atoms with Gasteiger partial charge >= 0.3 is 5.69 Å². The molecule has 4 rings (SSSR count). The van der Waals surface area contributed by atoms with Crippen LogP contribution in [0.5, 0.6) is 11.5 Å². The van der Waals surface area contributed by atoms with E-state index in [9.17, 15) is 9.59 Å². The molecule has 0 atom stereocenters. The predicted octanol–water partition coefficient (Wildman–Crippen LogP) is 1.49. The smallest absolute Gasteiger partial charge is 0.326 e. The summed E-state index contributed by atoms with van der Waals surface area (Å²) in [5, 5.41) is 2.81. The lowest BCUT2D eigenvalue weighted by molar-refractivity contribution is 0.0952. The van der Waals surface area contributed by atoms with Gasteiger partial charge in [-0.1, -0.05) is 12.1 Å². The minimum Gasteiger partial charge on any atom is -0.454 e. The first-order valence-electron chi connectivity index (χ1n) is 7.58. The highest BCUT2D eigenvalue weighted by atomic mass is 16.7. The second-order valence-corrected chi connectivity index (χ2v) is 5.42.